The number of carbonyl (C=O) groups is 1. The van der Waals surface area contributed by atoms with E-state index < -0.39 is 16.0 Å². The van der Waals surface area contributed by atoms with E-state index >= 15 is 0 Å². The SMILES string of the molecule is COC(=O)c1sccc1S(=O)(=O)NC1CCC(Oc2cnccn2)CC1. The fourth-order valence-electron chi connectivity index (χ4n) is 2.85. The molecule has 0 atom stereocenters. The van der Waals surface area contributed by atoms with E-state index in [1.165, 1.54) is 13.2 Å². The van der Waals surface area contributed by atoms with Crippen molar-refractivity contribution < 1.29 is 22.7 Å². The molecule has 1 saturated carbocycles. The molecule has 0 aromatic carbocycles. The lowest BCUT2D eigenvalue weighted by Gasteiger charge is -2.28. The van der Waals surface area contributed by atoms with Crippen molar-refractivity contribution in [2.75, 3.05) is 7.11 Å². The number of nitrogens with zero attached hydrogens (tertiary/aromatic N) is 2. The Balaban J connectivity index is 1.59. The number of rotatable bonds is 6. The Morgan fingerprint density at radius 3 is 2.69 bits per heavy atom. The lowest BCUT2D eigenvalue weighted by molar-refractivity contribution is 0.0602. The summed E-state index contributed by atoms with van der Waals surface area (Å²) in [5.74, 6) is -0.182. The largest absolute Gasteiger partial charge is 0.473 e. The highest BCUT2D eigenvalue weighted by atomic mass is 32.2. The average molecular weight is 397 g/mol. The fourth-order valence-corrected chi connectivity index (χ4v) is 5.49. The molecule has 3 rings (SSSR count). The molecule has 0 spiro atoms. The number of ether oxygens (including phenoxy) is 2. The minimum atomic E-state index is -3.78. The third-order valence-corrected chi connectivity index (χ3v) is 6.70. The van der Waals surface area contributed by atoms with Crippen molar-refractivity contribution in [1.29, 1.82) is 0 Å². The summed E-state index contributed by atoms with van der Waals surface area (Å²) in [6, 6.07) is 1.22. The van der Waals surface area contributed by atoms with E-state index in [0.29, 0.717) is 31.6 Å². The van der Waals surface area contributed by atoms with Crippen molar-refractivity contribution in [1.82, 2.24) is 14.7 Å². The molecule has 1 fully saturated rings. The van der Waals surface area contributed by atoms with Crippen LogP contribution in [0.5, 0.6) is 5.88 Å². The Kier molecular flexibility index (Phi) is 5.84. The van der Waals surface area contributed by atoms with Gasteiger partial charge in [0.25, 0.3) is 0 Å². The van der Waals surface area contributed by atoms with Crippen LogP contribution < -0.4 is 9.46 Å². The average Bonchev–Trinajstić information content (AvgIpc) is 3.14. The van der Waals surface area contributed by atoms with Gasteiger partial charge in [0.05, 0.1) is 13.3 Å². The molecule has 0 aliphatic heterocycles. The number of carbonyl (C=O) groups excluding carboxylic acids is 1. The summed E-state index contributed by atoms with van der Waals surface area (Å²) >= 11 is 1.05. The van der Waals surface area contributed by atoms with Crippen LogP contribution in [-0.4, -0.2) is 43.6 Å². The van der Waals surface area contributed by atoms with Crippen LogP contribution in [0.4, 0.5) is 0 Å². The summed E-state index contributed by atoms with van der Waals surface area (Å²) in [5.41, 5.74) is 0. The fraction of sp³-hybridized carbons (Fsp3) is 0.438. The minimum absolute atomic E-state index is 0.0146. The van der Waals surface area contributed by atoms with Gasteiger partial charge in [-0.25, -0.2) is 22.9 Å². The second-order valence-electron chi connectivity index (χ2n) is 5.86. The van der Waals surface area contributed by atoms with E-state index in [0.717, 1.165) is 11.3 Å². The first-order valence-electron chi connectivity index (χ1n) is 8.10. The molecule has 2 heterocycles. The number of aromatic nitrogens is 2. The molecule has 1 aliphatic carbocycles. The third-order valence-electron chi connectivity index (χ3n) is 4.11. The zero-order valence-corrected chi connectivity index (χ0v) is 15.8. The quantitative estimate of drug-likeness (QED) is 0.743. The van der Waals surface area contributed by atoms with Gasteiger partial charge in [-0.1, -0.05) is 0 Å². The van der Waals surface area contributed by atoms with Gasteiger partial charge in [-0.2, -0.15) is 0 Å². The van der Waals surface area contributed by atoms with E-state index in [2.05, 4.69) is 19.4 Å². The van der Waals surface area contributed by atoms with E-state index in [9.17, 15) is 13.2 Å². The van der Waals surface area contributed by atoms with E-state index in [-0.39, 0.29) is 21.9 Å². The molecular weight excluding hydrogens is 378 g/mol. The van der Waals surface area contributed by atoms with Crippen LogP contribution in [0.3, 0.4) is 0 Å². The summed E-state index contributed by atoms with van der Waals surface area (Å²) < 4.78 is 38.3. The highest BCUT2D eigenvalue weighted by molar-refractivity contribution is 7.89. The number of methoxy groups -OCH3 is 1. The lowest BCUT2D eigenvalue weighted by Crippen LogP contribution is -2.40. The molecule has 2 aromatic rings. The monoisotopic (exact) mass is 397 g/mol. The highest BCUT2D eigenvalue weighted by Crippen LogP contribution is 2.26. The van der Waals surface area contributed by atoms with E-state index in [1.54, 1.807) is 24.0 Å². The van der Waals surface area contributed by atoms with Gasteiger partial charge in [0.1, 0.15) is 15.9 Å². The van der Waals surface area contributed by atoms with Crippen LogP contribution in [-0.2, 0) is 14.8 Å². The van der Waals surface area contributed by atoms with Gasteiger partial charge in [0.2, 0.25) is 15.9 Å². The van der Waals surface area contributed by atoms with Crippen LogP contribution >= 0.6 is 11.3 Å². The van der Waals surface area contributed by atoms with Crippen molar-refractivity contribution in [3.8, 4) is 5.88 Å². The van der Waals surface area contributed by atoms with Crippen LogP contribution in [0.25, 0.3) is 0 Å². The maximum Gasteiger partial charge on any atom is 0.349 e. The topological polar surface area (TPSA) is 107 Å². The molecule has 1 N–H and O–H groups in total. The molecule has 8 nitrogen and oxygen atoms in total. The first kappa shape index (κ1) is 18.7. The molecule has 2 aromatic heterocycles. The molecule has 0 radical (unpaired) electrons. The molecule has 0 saturated heterocycles. The number of nitrogens with one attached hydrogen (secondary N) is 1. The van der Waals surface area contributed by atoms with Crippen molar-refractivity contribution in [2.24, 2.45) is 0 Å². The Bertz CT molecular complexity index is 846. The second kappa shape index (κ2) is 8.11. The number of esters is 1. The van der Waals surface area contributed by atoms with E-state index in [1.807, 2.05) is 0 Å². The zero-order chi connectivity index (χ0) is 18.6. The van der Waals surface area contributed by atoms with Crippen LogP contribution in [0.15, 0.2) is 34.9 Å². The summed E-state index contributed by atoms with van der Waals surface area (Å²) in [7, 11) is -2.56. The summed E-state index contributed by atoms with van der Waals surface area (Å²) in [5, 5.41) is 1.56. The maximum absolute atomic E-state index is 12.6. The minimum Gasteiger partial charge on any atom is -0.473 e. The molecule has 0 amide bonds. The van der Waals surface area contributed by atoms with Gasteiger partial charge < -0.3 is 9.47 Å². The van der Waals surface area contributed by atoms with Crippen LogP contribution in [0.2, 0.25) is 0 Å². The first-order chi connectivity index (χ1) is 12.5. The van der Waals surface area contributed by atoms with Gasteiger partial charge in [-0.05, 0) is 37.1 Å². The molecule has 1 aliphatic rings. The summed E-state index contributed by atoms with van der Waals surface area (Å²) in [6.45, 7) is 0. The summed E-state index contributed by atoms with van der Waals surface area (Å²) in [4.78, 5) is 19.8. The lowest BCUT2D eigenvalue weighted by atomic mass is 9.94. The van der Waals surface area contributed by atoms with Gasteiger partial charge in [-0.3, -0.25) is 4.98 Å². The molecule has 26 heavy (non-hydrogen) atoms. The smallest absolute Gasteiger partial charge is 0.349 e. The number of hydrogen-bond donors (Lipinski definition) is 1. The van der Waals surface area contributed by atoms with E-state index in [4.69, 9.17) is 4.74 Å². The number of sulfonamides is 1. The third kappa shape index (κ3) is 4.37. The number of thiophene rings is 1. The predicted octanol–water partition coefficient (Wildman–Crippen LogP) is 1.99. The van der Waals surface area contributed by atoms with Crippen molar-refractivity contribution in [3.63, 3.8) is 0 Å². The Hall–Kier alpha value is -2.04. The number of hydrogen-bond acceptors (Lipinski definition) is 8. The Morgan fingerprint density at radius 2 is 2.04 bits per heavy atom. The van der Waals surface area contributed by atoms with Gasteiger partial charge in [0, 0.05) is 18.4 Å². The van der Waals surface area contributed by atoms with Crippen molar-refractivity contribution >= 4 is 27.3 Å². The molecular formula is C16H19N3O5S2. The predicted molar refractivity (Wildman–Crippen MR) is 94.7 cm³/mol. The molecule has 0 bridgehead atoms. The highest BCUT2D eigenvalue weighted by Gasteiger charge is 2.30. The zero-order valence-electron chi connectivity index (χ0n) is 14.1. The van der Waals surface area contributed by atoms with Crippen molar-refractivity contribution in [3.05, 3.63) is 34.9 Å². The van der Waals surface area contributed by atoms with Crippen LogP contribution in [0, 0.1) is 0 Å². The normalized spacial score (nSPS) is 20.5. The second-order valence-corrected chi connectivity index (χ2v) is 8.46. The van der Waals surface area contributed by atoms with Gasteiger partial charge >= 0.3 is 5.97 Å². The van der Waals surface area contributed by atoms with Gasteiger partial charge in [-0.15, -0.1) is 11.3 Å². The van der Waals surface area contributed by atoms with Gasteiger partial charge in [0.15, 0.2) is 0 Å². The molecule has 140 valence electrons. The van der Waals surface area contributed by atoms with Crippen molar-refractivity contribution in [2.45, 2.75) is 42.7 Å². The first-order valence-corrected chi connectivity index (χ1v) is 10.5. The Morgan fingerprint density at radius 1 is 1.27 bits per heavy atom. The summed E-state index contributed by atoms with van der Waals surface area (Å²) in [6.07, 6.45) is 7.37. The molecule has 10 heteroatoms. The standard InChI is InChI=1S/C16H19N3O5S2/c1-23-16(20)15-13(6-9-25-15)26(21,22)19-11-2-4-12(5-3-11)24-14-10-17-7-8-18-14/h6-12,19H,2-5H2,1H3. The van der Waals surface area contributed by atoms with Crippen LogP contribution in [0.1, 0.15) is 35.4 Å². The Labute approximate surface area is 155 Å². The maximum atomic E-state index is 12.6. The molecule has 0 unspecified atom stereocenters.